The van der Waals surface area contributed by atoms with Crippen molar-refractivity contribution in [2.24, 2.45) is 0 Å². The Bertz CT molecular complexity index is 836. The molecule has 0 bridgehead atoms. The van der Waals surface area contributed by atoms with Crippen molar-refractivity contribution in [1.82, 2.24) is 4.90 Å². The molecule has 2 aromatic carbocycles. The molecule has 0 spiro atoms. The Morgan fingerprint density at radius 3 is 2.68 bits per heavy atom. The van der Waals surface area contributed by atoms with E-state index in [1.54, 1.807) is 23.1 Å². The molecule has 1 aliphatic rings. The summed E-state index contributed by atoms with van der Waals surface area (Å²) in [4.78, 5) is 13.9. The normalized spacial score (nSPS) is 17.2. The molecule has 0 fully saturated rings. The maximum Gasteiger partial charge on any atom is 0.410 e. The van der Waals surface area contributed by atoms with Crippen LogP contribution < -0.4 is 5.73 Å². The van der Waals surface area contributed by atoms with E-state index in [2.05, 4.69) is 0 Å². The molecule has 3 rings (SSSR count). The summed E-state index contributed by atoms with van der Waals surface area (Å²) in [6.07, 6.45) is 2.31. The monoisotopic (exact) mass is 376 g/mol. The lowest BCUT2D eigenvalue weighted by Gasteiger charge is -2.34. The number of nitrogens with zero attached hydrogens (tertiary/aromatic N) is 1. The molecule has 130 valence electrons. The molecule has 0 saturated carbocycles. The van der Waals surface area contributed by atoms with Gasteiger partial charge in [-0.15, -0.1) is 0 Å². The van der Waals surface area contributed by atoms with Crippen molar-refractivity contribution in [3.05, 3.63) is 69.7 Å². The SMILES string of the molecule is COC(=O)N1CCC(c2cc(Cl)ccc2N)=CC1c1cccc(Cl)c1. The van der Waals surface area contributed by atoms with Crippen LogP contribution in [-0.4, -0.2) is 24.6 Å². The van der Waals surface area contributed by atoms with Gasteiger partial charge in [0.05, 0.1) is 13.2 Å². The number of carbonyl (C=O) groups excluding carboxylic acids is 1. The first-order valence-corrected chi connectivity index (χ1v) is 8.61. The number of hydrogen-bond acceptors (Lipinski definition) is 3. The summed E-state index contributed by atoms with van der Waals surface area (Å²) < 4.78 is 4.93. The molecule has 2 N–H and O–H groups in total. The van der Waals surface area contributed by atoms with Gasteiger partial charge in [-0.25, -0.2) is 4.79 Å². The van der Waals surface area contributed by atoms with Crippen molar-refractivity contribution in [2.75, 3.05) is 19.4 Å². The number of benzene rings is 2. The number of amides is 1. The highest BCUT2D eigenvalue weighted by Crippen LogP contribution is 2.37. The largest absolute Gasteiger partial charge is 0.453 e. The number of carbonyl (C=O) groups is 1. The first kappa shape index (κ1) is 17.6. The highest BCUT2D eigenvalue weighted by molar-refractivity contribution is 6.31. The second kappa shape index (κ2) is 7.38. The van der Waals surface area contributed by atoms with Crippen LogP contribution in [0.2, 0.25) is 10.0 Å². The first-order chi connectivity index (χ1) is 12.0. The predicted octanol–water partition coefficient (Wildman–Crippen LogP) is 5.17. The molecule has 2 aromatic rings. The summed E-state index contributed by atoms with van der Waals surface area (Å²) in [5.41, 5.74) is 9.63. The molecular formula is C19H18Cl2N2O2. The molecule has 1 heterocycles. The van der Waals surface area contributed by atoms with Gasteiger partial charge in [-0.05, 0) is 47.9 Å². The van der Waals surface area contributed by atoms with Crippen LogP contribution in [0.1, 0.15) is 23.6 Å². The summed E-state index contributed by atoms with van der Waals surface area (Å²) in [6, 6.07) is 12.6. The molecule has 4 nitrogen and oxygen atoms in total. The van der Waals surface area contributed by atoms with Gasteiger partial charge in [0.15, 0.2) is 0 Å². The van der Waals surface area contributed by atoms with Gasteiger partial charge < -0.3 is 10.5 Å². The first-order valence-electron chi connectivity index (χ1n) is 7.85. The van der Waals surface area contributed by atoms with E-state index in [0.717, 1.165) is 16.7 Å². The van der Waals surface area contributed by atoms with Crippen LogP contribution in [-0.2, 0) is 4.74 Å². The van der Waals surface area contributed by atoms with Crippen LogP contribution >= 0.6 is 23.2 Å². The quantitative estimate of drug-likeness (QED) is 0.735. The number of ether oxygens (including phenoxy) is 1. The Kier molecular flexibility index (Phi) is 5.21. The van der Waals surface area contributed by atoms with Crippen molar-refractivity contribution < 1.29 is 9.53 Å². The number of halogens is 2. The number of nitrogen functional groups attached to an aromatic ring is 1. The summed E-state index contributed by atoms with van der Waals surface area (Å²) in [5.74, 6) is 0. The van der Waals surface area contributed by atoms with Crippen molar-refractivity contribution >= 4 is 40.6 Å². The van der Waals surface area contributed by atoms with E-state index < -0.39 is 0 Å². The lowest BCUT2D eigenvalue weighted by atomic mass is 9.92. The minimum absolute atomic E-state index is 0.284. The second-order valence-corrected chi connectivity index (χ2v) is 6.71. The Balaban J connectivity index is 2.07. The second-order valence-electron chi connectivity index (χ2n) is 5.84. The molecule has 1 atom stereocenters. The fraction of sp³-hybridized carbons (Fsp3) is 0.211. The molecular weight excluding hydrogens is 359 g/mol. The highest BCUT2D eigenvalue weighted by atomic mass is 35.5. The van der Waals surface area contributed by atoms with E-state index in [9.17, 15) is 4.79 Å². The molecule has 0 radical (unpaired) electrons. The minimum Gasteiger partial charge on any atom is -0.453 e. The number of anilines is 1. The van der Waals surface area contributed by atoms with Gasteiger partial charge in [-0.1, -0.05) is 41.4 Å². The third kappa shape index (κ3) is 3.75. The molecule has 0 saturated heterocycles. The van der Waals surface area contributed by atoms with E-state index in [-0.39, 0.29) is 12.1 Å². The molecule has 1 unspecified atom stereocenters. The zero-order valence-corrected chi connectivity index (χ0v) is 15.2. The van der Waals surface area contributed by atoms with E-state index in [1.807, 2.05) is 30.3 Å². The van der Waals surface area contributed by atoms with Crippen LogP contribution in [0.5, 0.6) is 0 Å². The van der Waals surface area contributed by atoms with Crippen molar-refractivity contribution in [2.45, 2.75) is 12.5 Å². The topological polar surface area (TPSA) is 55.6 Å². The lowest BCUT2D eigenvalue weighted by Crippen LogP contribution is -2.37. The summed E-state index contributed by atoms with van der Waals surface area (Å²) in [6.45, 7) is 0.516. The zero-order chi connectivity index (χ0) is 18.0. The van der Waals surface area contributed by atoms with Gasteiger partial charge >= 0.3 is 6.09 Å². The van der Waals surface area contributed by atoms with Gasteiger partial charge in [0, 0.05) is 27.8 Å². The molecule has 25 heavy (non-hydrogen) atoms. The van der Waals surface area contributed by atoms with Crippen LogP contribution in [0.3, 0.4) is 0 Å². The fourth-order valence-corrected chi connectivity index (χ4v) is 3.43. The smallest absolute Gasteiger partial charge is 0.410 e. The number of methoxy groups -OCH3 is 1. The number of nitrogens with two attached hydrogens (primary N) is 1. The molecule has 0 aliphatic carbocycles. The third-order valence-electron chi connectivity index (χ3n) is 4.28. The summed E-state index contributed by atoms with van der Waals surface area (Å²) >= 11 is 12.3. The van der Waals surface area contributed by atoms with E-state index in [1.165, 1.54) is 7.11 Å². The predicted molar refractivity (Wildman–Crippen MR) is 102 cm³/mol. The Morgan fingerprint density at radius 2 is 1.96 bits per heavy atom. The zero-order valence-electron chi connectivity index (χ0n) is 13.7. The van der Waals surface area contributed by atoms with Crippen molar-refractivity contribution in [3.8, 4) is 0 Å². The molecule has 1 aliphatic heterocycles. The van der Waals surface area contributed by atoms with Crippen molar-refractivity contribution in [1.29, 1.82) is 0 Å². The van der Waals surface area contributed by atoms with Gasteiger partial charge in [-0.3, -0.25) is 4.90 Å². The summed E-state index contributed by atoms with van der Waals surface area (Å²) in [5, 5.41) is 1.24. The Morgan fingerprint density at radius 1 is 1.20 bits per heavy atom. The van der Waals surface area contributed by atoms with Crippen molar-refractivity contribution in [3.63, 3.8) is 0 Å². The van der Waals surface area contributed by atoms with Crippen LogP contribution in [0.15, 0.2) is 48.5 Å². The van der Waals surface area contributed by atoms with Crippen LogP contribution in [0.25, 0.3) is 5.57 Å². The fourth-order valence-electron chi connectivity index (χ4n) is 3.06. The van der Waals surface area contributed by atoms with Gasteiger partial charge in [0.1, 0.15) is 0 Å². The van der Waals surface area contributed by atoms with Crippen LogP contribution in [0.4, 0.5) is 10.5 Å². The number of hydrogen-bond donors (Lipinski definition) is 1. The lowest BCUT2D eigenvalue weighted by molar-refractivity contribution is 0.112. The standard InChI is InChI=1S/C19H18Cl2N2O2/c1-25-19(24)23-8-7-12(16-11-15(21)5-6-17(16)22)10-18(23)13-3-2-4-14(20)9-13/h2-6,9-11,18H,7-8,22H2,1H3. The minimum atomic E-state index is -0.376. The molecule has 0 aromatic heterocycles. The van der Waals surface area contributed by atoms with Gasteiger partial charge in [0.2, 0.25) is 0 Å². The van der Waals surface area contributed by atoms with Crippen LogP contribution in [0, 0.1) is 0 Å². The maximum atomic E-state index is 12.2. The summed E-state index contributed by atoms with van der Waals surface area (Å²) in [7, 11) is 1.38. The average Bonchev–Trinajstić information content (AvgIpc) is 2.62. The average molecular weight is 377 g/mol. The molecule has 1 amide bonds. The Labute approximate surface area is 156 Å². The number of rotatable bonds is 2. The maximum absolute atomic E-state index is 12.2. The Hall–Kier alpha value is -2.17. The highest BCUT2D eigenvalue weighted by Gasteiger charge is 2.29. The third-order valence-corrected chi connectivity index (χ3v) is 4.75. The molecule has 6 heteroatoms. The van der Waals surface area contributed by atoms with Gasteiger partial charge in [-0.2, -0.15) is 0 Å². The van der Waals surface area contributed by atoms with Gasteiger partial charge in [0.25, 0.3) is 0 Å². The van der Waals surface area contributed by atoms with E-state index in [4.69, 9.17) is 33.7 Å². The van der Waals surface area contributed by atoms with E-state index >= 15 is 0 Å². The van der Waals surface area contributed by atoms with E-state index in [0.29, 0.717) is 28.7 Å².